The van der Waals surface area contributed by atoms with Gasteiger partial charge in [-0.25, -0.2) is 8.42 Å². The highest BCUT2D eigenvalue weighted by molar-refractivity contribution is 7.89. The fraction of sp³-hybridized carbons (Fsp3) is 0.333. The molecular formula is C18H18ClN3O4S2. The van der Waals surface area contributed by atoms with Gasteiger partial charge in [-0.1, -0.05) is 16.1 Å². The fourth-order valence-electron chi connectivity index (χ4n) is 3.03. The van der Waals surface area contributed by atoms with E-state index < -0.39 is 15.9 Å². The topological polar surface area (TPSA) is 99.5 Å². The van der Waals surface area contributed by atoms with E-state index in [4.69, 9.17) is 16.4 Å². The molecule has 2 aromatic rings. The van der Waals surface area contributed by atoms with Gasteiger partial charge in [-0.05, 0) is 49.4 Å². The van der Waals surface area contributed by atoms with Gasteiger partial charge in [0.2, 0.25) is 0 Å². The molecule has 3 rings (SSSR count). The van der Waals surface area contributed by atoms with Crippen LogP contribution in [0.3, 0.4) is 0 Å². The molecule has 0 aliphatic heterocycles. The molecule has 0 radical (unpaired) electrons. The van der Waals surface area contributed by atoms with Crippen LogP contribution in [-0.4, -0.2) is 33.0 Å². The maximum atomic E-state index is 12.7. The Labute approximate surface area is 172 Å². The number of aryl methyl sites for hydroxylation is 1. The minimum atomic E-state index is -4.01. The first-order chi connectivity index (χ1) is 13.3. The number of carbonyl (C=O) groups excluding carboxylic acids is 1. The smallest absolute Gasteiger partial charge is 0.266 e. The number of sulfonamides is 1. The first-order valence-corrected chi connectivity index (χ1v) is 11.1. The van der Waals surface area contributed by atoms with Crippen LogP contribution in [0, 0.1) is 11.3 Å². The standard InChI is InChI=1S/C18H18ClN3O4S2/c1-22(26-2)28(24,25)16-9-11(7-8-14(16)19)17(23)21-18-13(10-20)12-5-3-4-6-15(12)27-18/h7-9H,3-6H2,1-2H3,(H,21,23). The number of nitrogens with one attached hydrogen (secondary N) is 1. The Morgan fingerprint density at radius 3 is 2.75 bits per heavy atom. The molecule has 148 valence electrons. The fourth-order valence-corrected chi connectivity index (χ4v) is 5.73. The van der Waals surface area contributed by atoms with Gasteiger partial charge in [0, 0.05) is 17.5 Å². The summed E-state index contributed by atoms with van der Waals surface area (Å²) in [5, 5.41) is 12.7. The number of nitriles is 1. The van der Waals surface area contributed by atoms with E-state index in [2.05, 4.69) is 11.4 Å². The van der Waals surface area contributed by atoms with Crippen molar-refractivity contribution in [2.45, 2.75) is 30.6 Å². The van der Waals surface area contributed by atoms with Crippen LogP contribution >= 0.6 is 22.9 Å². The van der Waals surface area contributed by atoms with Crippen molar-refractivity contribution in [1.82, 2.24) is 4.47 Å². The van der Waals surface area contributed by atoms with Crippen LogP contribution in [0.5, 0.6) is 0 Å². The summed E-state index contributed by atoms with van der Waals surface area (Å²) in [7, 11) is -1.57. The second kappa shape index (κ2) is 8.19. The van der Waals surface area contributed by atoms with Crippen LogP contribution < -0.4 is 5.32 Å². The number of anilines is 1. The Morgan fingerprint density at radius 2 is 2.07 bits per heavy atom. The number of nitrogens with zero attached hydrogens (tertiary/aromatic N) is 2. The highest BCUT2D eigenvalue weighted by atomic mass is 35.5. The van der Waals surface area contributed by atoms with E-state index in [1.54, 1.807) is 0 Å². The molecule has 1 aromatic carbocycles. The minimum absolute atomic E-state index is 0.0234. The SMILES string of the molecule is CON(C)S(=O)(=O)c1cc(C(=O)Nc2sc3c(c2C#N)CCCC3)ccc1Cl. The van der Waals surface area contributed by atoms with E-state index in [-0.39, 0.29) is 15.5 Å². The molecular weight excluding hydrogens is 422 g/mol. The van der Waals surface area contributed by atoms with Gasteiger partial charge in [-0.15, -0.1) is 11.3 Å². The van der Waals surface area contributed by atoms with Crippen molar-refractivity contribution >= 4 is 43.9 Å². The molecule has 0 bridgehead atoms. The molecule has 0 saturated carbocycles. The number of rotatable bonds is 5. The van der Waals surface area contributed by atoms with Gasteiger partial charge < -0.3 is 5.32 Å². The molecule has 0 unspecified atom stereocenters. The molecule has 7 nitrogen and oxygen atoms in total. The van der Waals surface area contributed by atoms with Crippen molar-refractivity contribution in [2.75, 3.05) is 19.5 Å². The van der Waals surface area contributed by atoms with Crippen LogP contribution in [0.25, 0.3) is 0 Å². The van der Waals surface area contributed by atoms with Crippen LogP contribution in [0.4, 0.5) is 5.00 Å². The highest BCUT2D eigenvalue weighted by Gasteiger charge is 2.26. The molecule has 10 heteroatoms. The predicted octanol–water partition coefficient (Wildman–Crippen LogP) is 3.59. The van der Waals surface area contributed by atoms with E-state index in [1.807, 2.05) is 0 Å². The van der Waals surface area contributed by atoms with Gasteiger partial charge in [0.25, 0.3) is 15.9 Å². The van der Waals surface area contributed by atoms with Crippen LogP contribution in [0.2, 0.25) is 5.02 Å². The zero-order chi connectivity index (χ0) is 20.5. The van der Waals surface area contributed by atoms with Crippen molar-refractivity contribution in [3.8, 4) is 6.07 Å². The Kier molecular flexibility index (Phi) is 6.07. The average molecular weight is 440 g/mol. The lowest BCUT2D eigenvalue weighted by atomic mass is 9.96. The van der Waals surface area contributed by atoms with Gasteiger partial charge in [-0.2, -0.15) is 5.26 Å². The van der Waals surface area contributed by atoms with Crippen molar-refractivity contribution < 1.29 is 18.0 Å². The quantitative estimate of drug-likeness (QED) is 0.717. The maximum Gasteiger partial charge on any atom is 0.266 e. The molecule has 1 aliphatic rings. The van der Waals surface area contributed by atoms with E-state index in [0.29, 0.717) is 15.0 Å². The van der Waals surface area contributed by atoms with Crippen molar-refractivity contribution in [3.63, 3.8) is 0 Å². The first-order valence-electron chi connectivity index (χ1n) is 8.48. The van der Waals surface area contributed by atoms with Gasteiger partial charge in [-0.3, -0.25) is 9.63 Å². The number of thiophene rings is 1. The average Bonchev–Trinajstić information content (AvgIpc) is 3.04. The minimum Gasteiger partial charge on any atom is -0.312 e. The van der Waals surface area contributed by atoms with E-state index >= 15 is 0 Å². The Balaban J connectivity index is 1.94. The Hall–Kier alpha value is -1.96. The molecule has 1 heterocycles. The number of hydrogen-bond acceptors (Lipinski definition) is 6. The Morgan fingerprint density at radius 1 is 1.36 bits per heavy atom. The number of benzene rings is 1. The third kappa shape index (κ3) is 3.79. The monoisotopic (exact) mass is 439 g/mol. The molecule has 1 aliphatic carbocycles. The lowest BCUT2D eigenvalue weighted by Gasteiger charge is -2.15. The van der Waals surface area contributed by atoms with Crippen LogP contribution in [0.15, 0.2) is 23.1 Å². The number of fused-ring (bicyclic) bond motifs is 1. The summed E-state index contributed by atoms with van der Waals surface area (Å²) in [6.07, 6.45) is 3.82. The summed E-state index contributed by atoms with van der Waals surface area (Å²) in [5.74, 6) is -0.511. The van der Waals surface area contributed by atoms with Crippen LogP contribution in [-0.2, 0) is 27.7 Å². The lowest BCUT2D eigenvalue weighted by Crippen LogP contribution is -2.26. The molecule has 1 N–H and O–H groups in total. The van der Waals surface area contributed by atoms with Gasteiger partial charge in [0.15, 0.2) is 0 Å². The zero-order valence-electron chi connectivity index (χ0n) is 15.3. The van der Waals surface area contributed by atoms with E-state index in [1.165, 1.54) is 43.7 Å². The number of hydroxylamine groups is 1. The maximum absolute atomic E-state index is 12.7. The number of halogens is 1. The molecule has 28 heavy (non-hydrogen) atoms. The Bertz CT molecular complexity index is 1070. The normalized spacial score (nSPS) is 13.8. The second-order valence-corrected chi connectivity index (χ2v) is 9.64. The first kappa shape index (κ1) is 20.8. The van der Waals surface area contributed by atoms with Crippen molar-refractivity contribution in [2.24, 2.45) is 0 Å². The highest BCUT2D eigenvalue weighted by Crippen LogP contribution is 2.38. The van der Waals surface area contributed by atoms with Gasteiger partial charge in [0.1, 0.15) is 16.0 Å². The van der Waals surface area contributed by atoms with E-state index in [9.17, 15) is 18.5 Å². The summed E-state index contributed by atoms with van der Waals surface area (Å²) in [4.78, 5) is 18.4. The number of amides is 1. The molecule has 0 atom stereocenters. The number of carbonyl (C=O) groups is 1. The molecule has 1 aromatic heterocycles. The summed E-state index contributed by atoms with van der Waals surface area (Å²) in [5.41, 5.74) is 1.62. The molecule has 1 amide bonds. The van der Waals surface area contributed by atoms with Crippen molar-refractivity contribution in [3.05, 3.63) is 44.8 Å². The third-order valence-electron chi connectivity index (χ3n) is 4.58. The summed E-state index contributed by atoms with van der Waals surface area (Å²) >= 11 is 7.43. The van der Waals surface area contributed by atoms with Gasteiger partial charge >= 0.3 is 0 Å². The van der Waals surface area contributed by atoms with E-state index in [0.717, 1.165) is 36.1 Å². The molecule has 0 saturated heterocycles. The summed E-state index contributed by atoms with van der Waals surface area (Å²) in [6.45, 7) is 0. The summed E-state index contributed by atoms with van der Waals surface area (Å²) < 4.78 is 25.7. The third-order valence-corrected chi connectivity index (χ3v) is 7.95. The second-order valence-electron chi connectivity index (χ2n) is 6.22. The number of hydrogen-bond donors (Lipinski definition) is 1. The van der Waals surface area contributed by atoms with Crippen LogP contribution in [0.1, 0.15) is 39.2 Å². The lowest BCUT2D eigenvalue weighted by molar-refractivity contribution is -0.0258. The largest absolute Gasteiger partial charge is 0.312 e. The summed E-state index contributed by atoms with van der Waals surface area (Å²) in [6, 6.07) is 6.16. The predicted molar refractivity (Wildman–Crippen MR) is 107 cm³/mol. The van der Waals surface area contributed by atoms with Gasteiger partial charge in [0.05, 0.1) is 17.7 Å². The molecule has 0 spiro atoms. The van der Waals surface area contributed by atoms with Crippen molar-refractivity contribution in [1.29, 1.82) is 5.26 Å². The molecule has 0 fully saturated rings. The zero-order valence-corrected chi connectivity index (χ0v) is 17.7.